The van der Waals surface area contributed by atoms with Crippen LogP contribution in [0.2, 0.25) is 0 Å². The van der Waals surface area contributed by atoms with Crippen molar-refractivity contribution < 1.29 is 14.6 Å². The van der Waals surface area contributed by atoms with Crippen LogP contribution >= 0.6 is 0 Å². The maximum absolute atomic E-state index is 11.2. The van der Waals surface area contributed by atoms with E-state index in [1.807, 2.05) is 6.92 Å². The van der Waals surface area contributed by atoms with Crippen molar-refractivity contribution in [3.8, 4) is 11.8 Å². The molecule has 5 nitrogen and oxygen atoms in total. The predicted octanol–water partition coefficient (Wildman–Crippen LogP) is 3.11. The van der Waals surface area contributed by atoms with Gasteiger partial charge in [0.25, 0.3) is 0 Å². The van der Waals surface area contributed by atoms with Crippen LogP contribution in [0.1, 0.15) is 24.0 Å². The van der Waals surface area contributed by atoms with Gasteiger partial charge in [-0.25, -0.2) is 4.79 Å². The molecule has 0 amide bonds. The van der Waals surface area contributed by atoms with Gasteiger partial charge in [-0.3, -0.25) is 4.57 Å². The average Bonchev–Trinajstić information content (AvgIpc) is 2.82. The standard InChI is InChI=1S/C14H14N2O3/c1-8-6-11(19-3)12(9(2)7-15)10-4-5-16(13(8)10)14(17)18/h4-6,9H,1-3H3,(H,17,18). The minimum absolute atomic E-state index is 0.373. The highest BCUT2D eigenvalue weighted by atomic mass is 16.5. The van der Waals surface area contributed by atoms with E-state index in [1.54, 1.807) is 26.2 Å². The highest BCUT2D eigenvalue weighted by Gasteiger charge is 2.20. The number of nitriles is 1. The lowest BCUT2D eigenvalue weighted by Crippen LogP contribution is -2.07. The second kappa shape index (κ2) is 4.65. The number of hydrogen-bond acceptors (Lipinski definition) is 3. The first-order valence-electron chi connectivity index (χ1n) is 5.82. The average molecular weight is 258 g/mol. The Kier molecular flexibility index (Phi) is 3.17. The van der Waals surface area contributed by atoms with E-state index in [0.717, 1.165) is 21.1 Å². The summed E-state index contributed by atoms with van der Waals surface area (Å²) < 4.78 is 6.48. The molecule has 0 aliphatic carbocycles. The van der Waals surface area contributed by atoms with Crippen molar-refractivity contribution in [3.63, 3.8) is 0 Å². The molecule has 0 saturated heterocycles. The van der Waals surface area contributed by atoms with Gasteiger partial charge in [-0.15, -0.1) is 0 Å². The quantitative estimate of drug-likeness (QED) is 0.898. The summed E-state index contributed by atoms with van der Waals surface area (Å²) >= 11 is 0. The van der Waals surface area contributed by atoms with Crippen molar-refractivity contribution in [3.05, 3.63) is 29.5 Å². The number of carboxylic acid groups (broad SMARTS) is 1. The van der Waals surface area contributed by atoms with Crippen LogP contribution in [-0.4, -0.2) is 22.9 Å². The lowest BCUT2D eigenvalue weighted by Gasteiger charge is -2.14. The molecule has 19 heavy (non-hydrogen) atoms. The molecule has 0 bridgehead atoms. The molecule has 1 atom stereocenters. The van der Waals surface area contributed by atoms with Crippen LogP contribution in [0.25, 0.3) is 10.9 Å². The molecule has 1 aromatic heterocycles. The minimum atomic E-state index is -1.04. The van der Waals surface area contributed by atoms with Crippen LogP contribution in [0.3, 0.4) is 0 Å². The molecule has 0 radical (unpaired) electrons. The summed E-state index contributed by atoms with van der Waals surface area (Å²) in [5.74, 6) is 0.241. The Labute approximate surface area is 110 Å². The number of aromatic nitrogens is 1. The van der Waals surface area contributed by atoms with Gasteiger partial charge in [0, 0.05) is 17.1 Å². The zero-order valence-corrected chi connectivity index (χ0v) is 11.0. The molecule has 0 saturated carbocycles. The zero-order chi connectivity index (χ0) is 14.2. The number of aryl methyl sites for hydroxylation is 1. The van der Waals surface area contributed by atoms with Gasteiger partial charge in [-0.1, -0.05) is 0 Å². The summed E-state index contributed by atoms with van der Waals surface area (Å²) in [7, 11) is 1.54. The number of nitrogens with zero attached hydrogens (tertiary/aromatic N) is 2. The monoisotopic (exact) mass is 258 g/mol. The van der Waals surface area contributed by atoms with Crippen molar-refractivity contribution in [2.24, 2.45) is 0 Å². The molecule has 0 aliphatic rings. The Bertz CT molecular complexity index is 695. The van der Waals surface area contributed by atoms with E-state index in [4.69, 9.17) is 10.00 Å². The molecule has 0 fully saturated rings. The normalized spacial score (nSPS) is 12.1. The van der Waals surface area contributed by atoms with E-state index in [-0.39, 0.29) is 5.92 Å². The fourth-order valence-electron chi connectivity index (χ4n) is 2.37. The smallest absolute Gasteiger partial charge is 0.416 e. The molecule has 1 unspecified atom stereocenters. The highest BCUT2D eigenvalue weighted by Crippen LogP contribution is 2.36. The first-order valence-corrected chi connectivity index (χ1v) is 5.82. The van der Waals surface area contributed by atoms with Gasteiger partial charge >= 0.3 is 6.09 Å². The van der Waals surface area contributed by atoms with Crippen LogP contribution < -0.4 is 4.74 Å². The Hall–Kier alpha value is -2.48. The van der Waals surface area contributed by atoms with Gasteiger partial charge in [0.1, 0.15) is 5.75 Å². The van der Waals surface area contributed by atoms with Crippen LogP contribution in [-0.2, 0) is 0 Å². The van der Waals surface area contributed by atoms with Crippen molar-refractivity contribution >= 4 is 17.0 Å². The third-order valence-electron chi connectivity index (χ3n) is 3.22. The predicted molar refractivity (Wildman–Crippen MR) is 70.7 cm³/mol. The van der Waals surface area contributed by atoms with Crippen LogP contribution in [0, 0.1) is 18.3 Å². The lowest BCUT2D eigenvalue weighted by molar-refractivity contribution is 0.197. The van der Waals surface area contributed by atoms with Crippen molar-refractivity contribution in [1.29, 1.82) is 5.26 Å². The SMILES string of the molecule is COc1cc(C)c2c(ccn2C(=O)O)c1C(C)C#N. The Morgan fingerprint density at radius 1 is 1.58 bits per heavy atom. The topological polar surface area (TPSA) is 75.2 Å². The second-order valence-electron chi connectivity index (χ2n) is 4.39. The Morgan fingerprint density at radius 3 is 2.79 bits per heavy atom. The van der Waals surface area contributed by atoms with E-state index >= 15 is 0 Å². The summed E-state index contributed by atoms with van der Waals surface area (Å²) in [5, 5.41) is 19.0. The van der Waals surface area contributed by atoms with Gasteiger partial charge in [0.05, 0.1) is 24.6 Å². The third kappa shape index (κ3) is 1.91. The second-order valence-corrected chi connectivity index (χ2v) is 4.39. The molecule has 2 rings (SSSR count). The molecule has 1 N–H and O–H groups in total. The van der Waals surface area contributed by atoms with Crippen LogP contribution in [0.15, 0.2) is 18.3 Å². The third-order valence-corrected chi connectivity index (χ3v) is 3.22. The van der Waals surface area contributed by atoms with Crippen LogP contribution in [0.4, 0.5) is 4.79 Å². The van der Waals surface area contributed by atoms with Crippen molar-refractivity contribution in [2.45, 2.75) is 19.8 Å². The maximum atomic E-state index is 11.2. The van der Waals surface area contributed by atoms with E-state index in [9.17, 15) is 9.90 Å². The van der Waals surface area contributed by atoms with Gasteiger partial charge in [-0.05, 0) is 31.5 Å². The first kappa shape index (κ1) is 13.0. The molecule has 1 aromatic carbocycles. The number of rotatable bonds is 2. The van der Waals surface area contributed by atoms with Crippen LogP contribution in [0.5, 0.6) is 5.75 Å². The molecule has 5 heteroatoms. The number of carbonyl (C=O) groups is 1. The van der Waals surface area contributed by atoms with Crippen molar-refractivity contribution in [2.75, 3.05) is 7.11 Å². The number of methoxy groups -OCH3 is 1. The zero-order valence-electron chi connectivity index (χ0n) is 11.0. The molecule has 0 spiro atoms. The molecular weight excluding hydrogens is 244 g/mol. The number of benzene rings is 1. The Balaban J connectivity index is 2.90. The van der Waals surface area contributed by atoms with Gasteiger partial charge < -0.3 is 9.84 Å². The summed E-state index contributed by atoms with van der Waals surface area (Å²) in [4.78, 5) is 11.2. The number of hydrogen-bond donors (Lipinski definition) is 1. The van der Waals surface area contributed by atoms with E-state index in [1.165, 1.54) is 6.20 Å². The summed E-state index contributed by atoms with van der Waals surface area (Å²) in [6, 6.07) is 5.65. The van der Waals surface area contributed by atoms with E-state index in [0.29, 0.717) is 11.3 Å². The summed E-state index contributed by atoms with van der Waals surface area (Å²) in [6.07, 6.45) is 0.450. The Morgan fingerprint density at radius 2 is 2.26 bits per heavy atom. The lowest BCUT2D eigenvalue weighted by atomic mass is 9.95. The maximum Gasteiger partial charge on any atom is 0.416 e. The fourth-order valence-corrected chi connectivity index (χ4v) is 2.37. The van der Waals surface area contributed by atoms with Gasteiger partial charge in [-0.2, -0.15) is 5.26 Å². The molecule has 98 valence electrons. The van der Waals surface area contributed by atoms with E-state index < -0.39 is 6.09 Å². The summed E-state index contributed by atoms with van der Waals surface area (Å²) in [5.41, 5.74) is 2.13. The molecular formula is C14H14N2O3. The number of ether oxygens (including phenoxy) is 1. The van der Waals surface area contributed by atoms with Gasteiger partial charge in [0.2, 0.25) is 0 Å². The molecule has 0 aliphatic heterocycles. The number of fused-ring (bicyclic) bond motifs is 1. The summed E-state index contributed by atoms with van der Waals surface area (Å²) in [6.45, 7) is 3.59. The first-order chi connectivity index (χ1) is 9.01. The fraction of sp³-hybridized carbons (Fsp3) is 0.286. The van der Waals surface area contributed by atoms with Crippen molar-refractivity contribution in [1.82, 2.24) is 4.57 Å². The highest BCUT2D eigenvalue weighted by molar-refractivity contribution is 5.95. The van der Waals surface area contributed by atoms with Gasteiger partial charge in [0.15, 0.2) is 0 Å². The minimum Gasteiger partial charge on any atom is -0.496 e. The van der Waals surface area contributed by atoms with E-state index in [2.05, 4.69) is 6.07 Å². The molecule has 1 heterocycles. The molecule has 2 aromatic rings. The largest absolute Gasteiger partial charge is 0.496 e.